The van der Waals surface area contributed by atoms with Gasteiger partial charge in [0.05, 0.1) is 19.3 Å². The summed E-state index contributed by atoms with van der Waals surface area (Å²) in [5.41, 5.74) is 3.72. The van der Waals surface area contributed by atoms with Crippen LogP contribution in [0.15, 0.2) is 60.1 Å². The van der Waals surface area contributed by atoms with Crippen LogP contribution in [0.5, 0.6) is 5.75 Å². The van der Waals surface area contributed by atoms with E-state index < -0.39 is 0 Å². The predicted molar refractivity (Wildman–Crippen MR) is 120 cm³/mol. The van der Waals surface area contributed by atoms with E-state index >= 15 is 0 Å². The molecule has 1 fully saturated rings. The zero-order chi connectivity index (χ0) is 21.7. The highest BCUT2D eigenvalue weighted by Gasteiger charge is 2.30. The van der Waals surface area contributed by atoms with Crippen LogP contribution in [0.4, 0.5) is 10.1 Å². The number of ether oxygens (including phenoxy) is 1. The van der Waals surface area contributed by atoms with Crippen LogP contribution in [0.1, 0.15) is 18.1 Å². The van der Waals surface area contributed by atoms with E-state index in [1.165, 1.54) is 17.0 Å². The summed E-state index contributed by atoms with van der Waals surface area (Å²) in [5.74, 6) is 0.0787. The number of anilines is 1. The molecule has 1 heterocycles. The number of benzene rings is 2. The maximum absolute atomic E-state index is 13.1. The molecule has 3 N–H and O–H groups in total. The number of rotatable bonds is 7. The molecule has 1 saturated heterocycles. The van der Waals surface area contributed by atoms with Gasteiger partial charge in [-0.1, -0.05) is 18.2 Å². The van der Waals surface area contributed by atoms with Gasteiger partial charge in [0.15, 0.2) is 5.11 Å². The normalized spacial score (nSPS) is 15.4. The Hall–Kier alpha value is -3.39. The molecule has 30 heavy (non-hydrogen) atoms. The van der Waals surface area contributed by atoms with Crippen LogP contribution in [-0.4, -0.2) is 30.1 Å². The fourth-order valence-corrected chi connectivity index (χ4v) is 3.09. The topological polar surface area (TPSA) is 65.6 Å². The Kier molecular flexibility index (Phi) is 6.68. The number of thiocarbonyl (C=S) groups is 1. The maximum atomic E-state index is 13.1. The molecule has 0 radical (unpaired) electrons. The number of methoxy groups -OCH3 is 1. The summed E-state index contributed by atoms with van der Waals surface area (Å²) in [5, 5.41) is 9.48. The van der Waals surface area contributed by atoms with Gasteiger partial charge in [-0.3, -0.25) is 9.69 Å². The van der Waals surface area contributed by atoms with Crippen LogP contribution in [-0.2, 0) is 11.3 Å². The van der Waals surface area contributed by atoms with Crippen molar-refractivity contribution in [1.29, 1.82) is 0 Å². The van der Waals surface area contributed by atoms with Gasteiger partial charge < -0.3 is 20.7 Å². The summed E-state index contributed by atoms with van der Waals surface area (Å²) >= 11 is 5.31. The highest BCUT2D eigenvalue weighted by molar-refractivity contribution is 7.80. The molecule has 2 aromatic rings. The Morgan fingerprint density at radius 3 is 2.67 bits per heavy atom. The van der Waals surface area contributed by atoms with E-state index in [9.17, 15) is 9.18 Å². The quantitative estimate of drug-likeness (QED) is 0.465. The Morgan fingerprint density at radius 2 is 2.00 bits per heavy atom. The van der Waals surface area contributed by atoms with Crippen molar-refractivity contribution in [2.24, 2.45) is 0 Å². The second-order valence-electron chi connectivity index (χ2n) is 6.69. The largest absolute Gasteiger partial charge is 0.495 e. The number of nitrogens with zero attached hydrogens (tertiary/aromatic N) is 1. The first kappa shape index (κ1) is 21.3. The zero-order valence-electron chi connectivity index (χ0n) is 17.0. The average Bonchev–Trinajstić information content (AvgIpc) is 3.01. The number of carbonyl (C=O) groups is 1. The van der Waals surface area contributed by atoms with Crippen LogP contribution in [0.2, 0.25) is 0 Å². The molecule has 1 aliphatic heterocycles. The van der Waals surface area contributed by atoms with Gasteiger partial charge in [0.1, 0.15) is 17.3 Å². The molecule has 0 spiro atoms. The van der Waals surface area contributed by atoms with Crippen molar-refractivity contribution in [2.45, 2.75) is 13.5 Å². The lowest BCUT2D eigenvalue weighted by atomic mass is 10.1. The van der Waals surface area contributed by atoms with Crippen molar-refractivity contribution in [2.75, 3.05) is 19.5 Å². The van der Waals surface area contributed by atoms with Crippen LogP contribution >= 0.6 is 12.2 Å². The molecular weight excluding hydrogens is 403 g/mol. The summed E-state index contributed by atoms with van der Waals surface area (Å²) in [6, 6.07) is 11.6. The minimum absolute atomic E-state index is 0.238. The van der Waals surface area contributed by atoms with Crippen molar-refractivity contribution >= 4 is 35.0 Å². The molecule has 3 rings (SSSR count). The molecule has 8 heteroatoms. The molecule has 6 nitrogen and oxygen atoms in total. The number of allylic oxidation sites excluding steroid dienone is 1. The van der Waals surface area contributed by atoms with Crippen LogP contribution in [0, 0.1) is 5.82 Å². The number of amides is 1. The van der Waals surface area contributed by atoms with E-state index in [0.717, 1.165) is 22.5 Å². The van der Waals surface area contributed by atoms with E-state index in [1.54, 1.807) is 25.3 Å². The number of halogens is 1. The van der Waals surface area contributed by atoms with Crippen molar-refractivity contribution in [1.82, 2.24) is 15.5 Å². The van der Waals surface area contributed by atoms with Crippen molar-refractivity contribution < 1.29 is 13.9 Å². The molecule has 0 unspecified atom stereocenters. The van der Waals surface area contributed by atoms with E-state index in [1.807, 2.05) is 38.4 Å². The van der Waals surface area contributed by atoms with Crippen LogP contribution < -0.4 is 20.7 Å². The Bertz CT molecular complexity index is 1020. The lowest BCUT2D eigenvalue weighted by molar-refractivity contribution is -0.122. The van der Waals surface area contributed by atoms with E-state index in [2.05, 4.69) is 16.0 Å². The summed E-state index contributed by atoms with van der Waals surface area (Å²) in [7, 11) is 3.43. The number of carbonyl (C=O) groups excluding carboxylic acids is 1. The molecule has 2 aromatic carbocycles. The Labute approximate surface area is 180 Å². The lowest BCUT2D eigenvalue weighted by Crippen LogP contribution is -2.30. The minimum atomic E-state index is -0.323. The van der Waals surface area contributed by atoms with Gasteiger partial charge in [-0.25, -0.2) is 4.39 Å². The van der Waals surface area contributed by atoms with Gasteiger partial charge in [-0.15, -0.1) is 0 Å². The number of hydrogen-bond acceptors (Lipinski definition) is 5. The maximum Gasteiger partial charge on any atom is 0.276 e. The summed E-state index contributed by atoms with van der Waals surface area (Å²) < 4.78 is 18.6. The van der Waals surface area contributed by atoms with Crippen LogP contribution in [0.3, 0.4) is 0 Å². The summed E-state index contributed by atoms with van der Waals surface area (Å²) in [6.45, 7) is 2.21. The van der Waals surface area contributed by atoms with E-state index in [-0.39, 0.29) is 18.3 Å². The molecule has 0 aliphatic carbocycles. The first-order valence-corrected chi connectivity index (χ1v) is 9.70. The van der Waals surface area contributed by atoms with Crippen molar-refractivity contribution in [3.8, 4) is 5.75 Å². The standard InChI is InChI=1S/C22H23FN4O2S/c1-14(24-2)12-25-18-9-6-16(11-20(18)29-3)10-19-21(28)27(22(30)26-19)13-15-4-7-17(23)8-5-15/h4-12,24-25H,13H2,1-3H3,(H,26,30)/b14-12-,19-10-. The lowest BCUT2D eigenvalue weighted by Gasteiger charge is -2.13. The first-order valence-electron chi connectivity index (χ1n) is 9.29. The highest BCUT2D eigenvalue weighted by Crippen LogP contribution is 2.27. The van der Waals surface area contributed by atoms with Gasteiger partial charge in [0.2, 0.25) is 0 Å². The SMILES string of the molecule is CN/C(C)=C\Nc1ccc(/C=C2\NC(=S)N(Cc3ccc(F)cc3)C2=O)cc1OC. The monoisotopic (exact) mass is 426 g/mol. The molecule has 0 bridgehead atoms. The fourth-order valence-electron chi connectivity index (χ4n) is 2.83. The Balaban J connectivity index is 1.78. The van der Waals surface area contributed by atoms with Gasteiger partial charge in [0, 0.05) is 18.9 Å². The van der Waals surface area contributed by atoms with Crippen LogP contribution in [0.25, 0.3) is 6.08 Å². The van der Waals surface area contributed by atoms with Crippen molar-refractivity contribution in [3.63, 3.8) is 0 Å². The fraction of sp³-hybridized carbons (Fsp3) is 0.182. The first-order chi connectivity index (χ1) is 14.4. The molecule has 0 aromatic heterocycles. The number of nitrogens with one attached hydrogen (secondary N) is 3. The van der Waals surface area contributed by atoms with Gasteiger partial charge in [0.25, 0.3) is 5.91 Å². The Morgan fingerprint density at radius 1 is 1.27 bits per heavy atom. The summed E-state index contributed by atoms with van der Waals surface area (Å²) in [6.07, 6.45) is 3.56. The predicted octanol–water partition coefficient (Wildman–Crippen LogP) is 3.58. The summed E-state index contributed by atoms with van der Waals surface area (Å²) in [4.78, 5) is 14.3. The molecule has 0 atom stereocenters. The average molecular weight is 427 g/mol. The molecule has 1 aliphatic rings. The zero-order valence-corrected chi connectivity index (χ0v) is 17.8. The smallest absolute Gasteiger partial charge is 0.276 e. The molecule has 156 valence electrons. The second-order valence-corrected chi connectivity index (χ2v) is 7.07. The van der Waals surface area contributed by atoms with E-state index in [0.29, 0.717) is 16.6 Å². The van der Waals surface area contributed by atoms with Gasteiger partial charge in [-0.2, -0.15) is 0 Å². The molecule has 1 amide bonds. The second kappa shape index (κ2) is 9.41. The van der Waals surface area contributed by atoms with Gasteiger partial charge in [-0.05, 0) is 60.6 Å². The molecule has 0 saturated carbocycles. The van der Waals surface area contributed by atoms with Crippen molar-refractivity contribution in [3.05, 3.63) is 77.0 Å². The van der Waals surface area contributed by atoms with Gasteiger partial charge >= 0.3 is 0 Å². The third-order valence-corrected chi connectivity index (χ3v) is 4.91. The number of hydrogen-bond donors (Lipinski definition) is 3. The van der Waals surface area contributed by atoms with E-state index in [4.69, 9.17) is 17.0 Å². The molecular formula is C22H23FN4O2S. The minimum Gasteiger partial charge on any atom is -0.495 e. The highest BCUT2D eigenvalue weighted by atomic mass is 32.1. The third kappa shape index (κ3) is 4.96. The third-order valence-electron chi connectivity index (χ3n) is 4.59.